The summed E-state index contributed by atoms with van der Waals surface area (Å²) in [5, 5.41) is 26.1. The van der Waals surface area contributed by atoms with Crippen LogP contribution in [0.5, 0.6) is 0 Å². The third-order valence-corrected chi connectivity index (χ3v) is 4.66. The van der Waals surface area contributed by atoms with Gasteiger partial charge < -0.3 is 5.32 Å². The second-order valence-corrected chi connectivity index (χ2v) is 5.91. The van der Waals surface area contributed by atoms with Crippen LogP contribution < -0.4 is 5.32 Å². The highest BCUT2D eigenvalue weighted by Gasteiger charge is 2.19. The van der Waals surface area contributed by atoms with Crippen LogP contribution in [-0.2, 0) is 0 Å². The monoisotopic (exact) mass is 324 g/mol. The fraction of sp³-hybridized carbons (Fsp3) is 0.333. The molecule has 1 N–H and O–H groups in total. The van der Waals surface area contributed by atoms with E-state index < -0.39 is 0 Å². The van der Waals surface area contributed by atoms with Crippen LogP contribution in [0.4, 0.5) is 5.69 Å². The molecule has 23 heavy (non-hydrogen) atoms. The molecule has 0 saturated carbocycles. The van der Waals surface area contributed by atoms with Crippen molar-refractivity contribution in [3.8, 4) is 12.1 Å². The van der Waals surface area contributed by atoms with E-state index in [1.807, 2.05) is 0 Å². The van der Waals surface area contributed by atoms with Crippen molar-refractivity contribution < 1.29 is 0 Å². The number of thiophene rings is 1. The zero-order valence-electron chi connectivity index (χ0n) is 13.4. The number of nitrogens with one attached hydrogen (secondary N) is 1. The lowest BCUT2D eigenvalue weighted by molar-refractivity contribution is 0.228. The summed E-state index contributed by atoms with van der Waals surface area (Å²) in [6.07, 6.45) is 0. The SMILES string of the molecule is CCN(CC)C(CNc1c(C#N)cccc1C#N)c1ccsc1. The summed E-state index contributed by atoms with van der Waals surface area (Å²) < 4.78 is 0. The first kappa shape index (κ1) is 17.0. The molecule has 1 unspecified atom stereocenters. The number of hydrogen-bond donors (Lipinski definition) is 1. The molecule has 4 nitrogen and oxygen atoms in total. The van der Waals surface area contributed by atoms with Gasteiger partial charge in [0.05, 0.1) is 22.9 Å². The molecule has 0 amide bonds. The number of rotatable bonds is 7. The van der Waals surface area contributed by atoms with E-state index in [1.54, 1.807) is 29.5 Å². The van der Waals surface area contributed by atoms with Gasteiger partial charge in [-0.2, -0.15) is 21.9 Å². The quantitative estimate of drug-likeness (QED) is 0.836. The maximum Gasteiger partial charge on any atom is 0.101 e. The van der Waals surface area contributed by atoms with Gasteiger partial charge in [0.15, 0.2) is 0 Å². The Hall–Kier alpha value is -2.34. The minimum atomic E-state index is 0.217. The number of para-hydroxylation sites is 1. The molecule has 0 aliphatic rings. The van der Waals surface area contributed by atoms with Gasteiger partial charge in [-0.15, -0.1) is 0 Å². The molecule has 0 aliphatic heterocycles. The molecule has 1 aromatic carbocycles. The lowest BCUT2D eigenvalue weighted by Crippen LogP contribution is -2.33. The van der Waals surface area contributed by atoms with Crippen LogP contribution in [0, 0.1) is 22.7 Å². The van der Waals surface area contributed by atoms with Crippen molar-refractivity contribution in [2.75, 3.05) is 25.0 Å². The molecule has 1 atom stereocenters. The first-order valence-electron chi connectivity index (χ1n) is 7.68. The van der Waals surface area contributed by atoms with Gasteiger partial charge in [0.25, 0.3) is 0 Å². The summed E-state index contributed by atoms with van der Waals surface area (Å²) in [4.78, 5) is 2.37. The highest BCUT2D eigenvalue weighted by Crippen LogP contribution is 2.26. The number of anilines is 1. The van der Waals surface area contributed by atoms with Crippen molar-refractivity contribution in [3.63, 3.8) is 0 Å². The van der Waals surface area contributed by atoms with E-state index >= 15 is 0 Å². The lowest BCUT2D eigenvalue weighted by atomic mass is 10.1. The zero-order valence-corrected chi connectivity index (χ0v) is 14.2. The average Bonchev–Trinajstić information content (AvgIpc) is 3.12. The van der Waals surface area contributed by atoms with Crippen molar-refractivity contribution in [1.29, 1.82) is 10.5 Å². The Morgan fingerprint density at radius 2 is 1.78 bits per heavy atom. The number of likely N-dealkylation sites (N-methyl/N-ethyl adjacent to an activating group) is 1. The maximum absolute atomic E-state index is 9.28. The van der Waals surface area contributed by atoms with Gasteiger partial charge in [-0.05, 0) is 47.6 Å². The zero-order chi connectivity index (χ0) is 16.7. The van der Waals surface area contributed by atoms with Gasteiger partial charge in [0, 0.05) is 6.54 Å². The molecule has 0 aliphatic carbocycles. The summed E-state index contributed by atoms with van der Waals surface area (Å²) in [5.74, 6) is 0. The molecule has 0 saturated heterocycles. The van der Waals surface area contributed by atoms with Gasteiger partial charge in [-0.1, -0.05) is 19.9 Å². The normalized spacial score (nSPS) is 11.7. The van der Waals surface area contributed by atoms with Crippen LogP contribution in [0.15, 0.2) is 35.0 Å². The van der Waals surface area contributed by atoms with Crippen LogP contribution in [0.3, 0.4) is 0 Å². The Morgan fingerprint density at radius 3 is 2.26 bits per heavy atom. The third-order valence-electron chi connectivity index (χ3n) is 3.96. The Balaban J connectivity index is 2.26. The summed E-state index contributed by atoms with van der Waals surface area (Å²) in [5.41, 5.74) is 2.91. The third kappa shape index (κ3) is 3.90. The van der Waals surface area contributed by atoms with Crippen LogP contribution in [-0.4, -0.2) is 24.5 Å². The highest BCUT2D eigenvalue weighted by molar-refractivity contribution is 7.07. The fourth-order valence-electron chi connectivity index (χ4n) is 2.71. The highest BCUT2D eigenvalue weighted by atomic mass is 32.1. The molecule has 0 radical (unpaired) electrons. The number of benzene rings is 1. The molecule has 0 bridgehead atoms. The first-order valence-corrected chi connectivity index (χ1v) is 8.62. The van der Waals surface area contributed by atoms with Crippen LogP contribution >= 0.6 is 11.3 Å². The Morgan fingerprint density at radius 1 is 1.13 bits per heavy atom. The molecule has 0 spiro atoms. The van der Waals surface area contributed by atoms with E-state index in [0.717, 1.165) is 13.1 Å². The second kappa shape index (κ2) is 8.33. The maximum atomic E-state index is 9.28. The van der Waals surface area contributed by atoms with E-state index in [1.165, 1.54) is 5.56 Å². The molecular weight excluding hydrogens is 304 g/mol. The minimum Gasteiger partial charge on any atom is -0.381 e. The van der Waals surface area contributed by atoms with E-state index in [9.17, 15) is 10.5 Å². The molecule has 5 heteroatoms. The molecule has 1 heterocycles. The van der Waals surface area contributed by atoms with E-state index in [0.29, 0.717) is 23.4 Å². The minimum absolute atomic E-state index is 0.217. The van der Waals surface area contributed by atoms with Crippen LogP contribution in [0.25, 0.3) is 0 Å². The predicted octanol–water partition coefficient (Wildman–Crippen LogP) is 3.99. The Kier molecular flexibility index (Phi) is 6.17. The van der Waals surface area contributed by atoms with Crippen LogP contribution in [0.2, 0.25) is 0 Å². The summed E-state index contributed by atoms with van der Waals surface area (Å²) in [6.45, 7) is 6.85. The van der Waals surface area contributed by atoms with E-state index in [4.69, 9.17) is 0 Å². The topological polar surface area (TPSA) is 62.9 Å². The summed E-state index contributed by atoms with van der Waals surface area (Å²) >= 11 is 1.68. The van der Waals surface area contributed by atoms with Crippen LogP contribution in [0.1, 0.15) is 36.6 Å². The molecule has 2 aromatic rings. The summed E-state index contributed by atoms with van der Waals surface area (Å²) in [7, 11) is 0. The first-order chi connectivity index (χ1) is 11.2. The van der Waals surface area contributed by atoms with E-state index in [2.05, 4.69) is 53.0 Å². The van der Waals surface area contributed by atoms with Gasteiger partial charge >= 0.3 is 0 Å². The number of nitriles is 2. The largest absolute Gasteiger partial charge is 0.381 e. The van der Waals surface area contributed by atoms with Gasteiger partial charge in [-0.25, -0.2) is 0 Å². The molecule has 0 fully saturated rings. The van der Waals surface area contributed by atoms with Crippen molar-refractivity contribution >= 4 is 17.0 Å². The average molecular weight is 324 g/mol. The summed E-state index contributed by atoms with van der Waals surface area (Å²) in [6, 6.07) is 11.9. The Bertz CT molecular complexity index is 673. The van der Waals surface area contributed by atoms with E-state index in [-0.39, 0.29) is 6.04 Å². The van der Waals surface area contributed by atoms with Crippen molar-refractivity contribution in [2.45, 2.75) is 19.9 Å². The van der Waals surface area contributed by atoms with Crippen molar-refractivity contribution in [3.05, 3.63) is 51.7 Å². The number of nitrogens with zero attached hydrogens (tertiary/aromatic N) is 3. The molecular formula is C18H20N4S. The van der Waals surface area contributed by atoms with Gasteiger partial charge in [0.2, 0.25) is 0 Å². The fourth-order valence-corrected chi connectivity index (χ4v) is 3.42. The van der Waals surface area contributed by atoms with Gasteiger partial charge in [-0.3, -0.25) is 4.90 Å². The standard InChI is InChI=1S/C18H20N4S/c1-3-22(4-2)17(16-8-9-23-13-16)12-21-18-14(10-19)6-5-7-15(18)11-20/h5-9,13,17,21H,3-4,12H2,1-2H3. The van der Waals surface area contributed by atoms with Crippen molar-refractivity contribution in [2.24, 2.45) is 0 Å². The Labute approximate surface area is 141 Å². The van der Waals surface area contributed by atoms with Gasteiger partial charge in [0.1, 0.15) is 12.1 Å². The molecule has 118 valence electrons. The number of hydrogen-bond acceptors (Lipinski definition) is 5. The predicted molar refractivity (Wildman–Crippen MR) is 94.3 cm³/mol. The molecule has 2 rings (SSSR count). The molecule has 1 aromatic heterocycles. The second-order valence-electron chi connectivity index (χ2n) is 5.13. The smallest absolute Gasteiger partial charge is 0.101 e. The van der Waals surface area contributed by atoms with Crippen molar-refractivity contribution in [1.82, 2.24) is 4.90 Å². The lowest BCUT2D eigenvalue weighted by Gasteiger charge is -2.30.